The fourth-order valence-electron chi connectivity index (χ4n) is 3.04. The van der Waals surface area contributed by atoms with Gasteiger partial charge in [0.1, 0.15) is 12.1 Å². The highest BCUT2D eigenvalue weighted by atomic mass is 16.4. The number of rotatable bonds is 6. The maximum atomic E-state index is 10.7. The van der Waals surface area contributed by atoms with Crippen molar-refractivity contribution in [1.82, 2.24) is 4.98 Å². The maximum Gasteiger partial charge on any atom is 0.335 e. The first-order chi connectivity index (χ1) is 12.3. The second-order valence-electron chi connectivity index (χ2n) is 6.23. The molecule has 1 saturated heterocycles. The number of hydrogen-bond acceptors (Lipinski definition) is 8. The number of anilines is 1. The Morgan fingerprint density at radius 1 is 1.27 bits per heavy atom. The molecule has 1 aliphatic heterocycles. The molecule has 0 aromatic carbocycles. The number of hydrogen-bond donors (Lipinski definition) is 5. The lowest BCUT2D eigenvalue weighted by Gasteiger charge is -2.27. The minimum atomic E-state index is -2.27. The van der Waals surface area contributed by atoms with E-state index >= 15 is 0 Å². The van der Waals surface area contributed by atoms with Crippen LogP contribution in [0.4, 0.5) is 5.82 Å². The molecule has 2 heterocycles. The summed E-state index contributed by atoms with van der Waals surface area (Å²) in [6.07, 6.45) is 0.457. The number of aldehydes is 1. The number of aliphatic hydroxyl groups is 2. The minimum absolute atomic E-state index is 0.401. The quantitative estimate of drug-likeness (QED) is 0.380. The van der Waals surface area contributed by atoms with Crippen LogP contribution < -0.4 is 10.6 Å². The van der Waals surface area contributed by atoms with Gasteiger partial charge in [-0.05, 0) is 30.9 Å². The standard InChI is InChI=1S/C12H15N3O.C4H6O6/c13-6-10-4-9-5-11(9)15(10)12-3-8(7-16)1-2-14-12;5-1(3(7)8)2(6)4(9)10/h1-3,7,9-11H,4-6,13H2;1-2,5-6H,(H,7,8)(H,9,10). The summed E-state index contributed by atoms with van der Waals surface area (Å²) in [7, 11) is 0. The van der Waals surface area contributed by atoms with Gasteiger partial charge in [0.15, 0.2) is 12.2 Å². The average molecular weight is 367 g/mol. The summed E-state index contributed by atoms with van der Waals surface area (Å²) in [5, 5.41) is 32.5. The molecule has 0 bridgehead atoms. The van der Waals surface area contributed by atoms with Crippen LogP contribution in [0, 0.1) is 5.92 Å². The van der Waals surface area contributed by atoms with Crippen molar-refractivity contribution in [3.05, 3.63) is 23.9 Å². The second kappa shape index (κ2) is 8.21. The van der Waals surface area contributed by atoms with Crippen molar-refractivity contribution >= 4 is 24.0 Å². The molecule has 0 radical (unpaired) electrons. The molecule has 1 aliphatic carbocycles. The number of carboxylic acid groups (broad SMARTS) is 2. The number of carboxylic acids is 2. The Bertz CT molecular complexity index is 666. The first-order valence-corrected chi connectivity index (χ1v) is 8.01. The third-order valence-electron chi connectivity index (χ3n) is 4.46. The number of pyridine rings is 1. The zero-order valence-corrected chi connectivity index (χ0v) is 13.8. The van der Waals surface area contributed by atoms with E-state index in [1.165, 1.54) is 12.8 Å². The van der Waals surface area contributed by atoms with Crippen molar-refractivity contribution < 1.29 is 34.8 Å². The van der Waals surface area contributed by atoms with E-state index in [0.29, 0.717) is 24.2 Å². The van der Waals surface area contributed by atoms with Crippen LogP contribution in [0.1, 0.15) is 23.2 Å². The summed E-state index contributed by atoms with van der Waals surface area (Å²) in [4.78, 5) is 36.9. The molecule has 2 aliphatic rings. The molecule has 5 atom stereocenters. The van der Waals surface area contributed by atoms with Crippen LogP contribution in [-0.4, -0.2) is 74.5 Å². The highest BCUT2D eigenvalue weighted by molar-refractivity contribution is 5.83. The lowest BCUT2D eigenvalue weighted by molar-refractivity contribution is -0.165. The van der Waals surface area contributed by atoms with Gasteiger partial charge in [0.25, 0.3) is 0 Å². The summed E-state index contributed by atoms with van der Waals surface area (Å²) < 4.78 is 0. The Morgan fingerprint density at radius 2 is 1.88 bits per heavy atom. The van der Waals surface area contributed by atoms with Gasteiger partial charge in [-0.1, -0.05) is 0 Å². The fourth-order valence-corrected chi connectivity index (χ4v) is 3.04. The predicted octanol–water partition coefficient (Wildman–Crippen LogP) is -1.30. The van der Waals surface area contributed by atoms with Crippen molar-refractivity contribution in [2.24, 2.45) is 11.7 Å². The summed E-state index contributed by atoms with van der Waals surface area (Å²) in [5.41, 5.74) is 6.46. The van der Waals surface area contributed by atoms with Gasteiger partial charge in [-0.15, -0.1) is 0 Å². The van der Waals surface area contributed by atoms with Gasteiger partial charge in [0, 0.05) is 30.4 Å². The van der Waals surface area contributed by atoms with Crippen LogP contribution in [0.25, 0.3) is 0 Å². The van der Waals surface area contributed by atoms with Gasteiger partial charge in [0.2, 0.25) is 0 Å². The summed E-state index contributed by atoms with van der Waals surface area (Å²) >= 11 is 0. The first-order valence-electron chi connectivity index (χ1n) is 8.01. The number of aliphatic carboxylic acids is 2. The van der Waals surface area contributed by atoms with Gasteiger partial charge in [-0.25, -0.2) is 14.6 Å². The smallest absolute Gasteiger partial charge is 0.335 e. The molecular formula is C16H21N3O7. The van der Waals surface area contributed by atoms with Crippen molar-refractivity contribution in [1.29, 1.82) is 0 Å². The van der Waals surface area contributed by atoms with Gasteiger partial charge in [-0.3, -0.25) is 4.79 Å². The minimum Gasteiger partial charge on any atom is -0.479 e. The monoisotopic (exact) mass is 367 g/mol. The number of fused-ring (bicyclic) bond motifs is 1. The van der Waals surface area contributed by atoms with Crippen LogP contribution in [0.3, 0.4) is 0 Å². The Morgan fingerprint density at radius 3 is 2.38 bits per heavy atom. The van der Waals surface area contributed by atoms with Crippen LogP contribution >= 0.6 is 0 Å². The van der Waals surface area contributed by atoms with E-state index in [1.807, 2.05) is 6.07 Å². The van der Waals surface area contributed by atoms with Crippen molar-refractivity contribution in [2.75, 3.05) is 11.4 Å². The summed E-state index contributed by atoms with van der Waals surface area (Å²) in [6.45, 7) is 0.667. The molecule has 10 heteroatoms. The van der Waals surface area contributed by atoms with E-state index < -0.39 is 24.1 Å². The van der Waals surface area contributed by atoms with Crippen LogP contribution in [0.15, 0.2) is 18.3 Å². The molecule has 10 nitrogen and oxygen atoms in total. The Kier molecular flexibility index (Phi) is 6.24. The lowest BCUT2D eigenvalue weighted by atomic mass is 10.1. The van der Waals surface area contributed by atoms with E-state index in [-0.39, 0.29) is 0 Å². The number of nitrogens with zero attached hydrogens (tertiary/aromatic N) is 2. The molecule has 5 unspecified atom stereocenters. The van der Waals surface area contributed by atoms with Crippen molar-refractivity contribution in [2.45, 2.75) is 37.1 Å². The predicted molar refractivity (Wildman–Crippen MR) is 88.7 cm³/mol. The van der Waals surface area contributed by atoms with E-state index in [2.05, 4.69) is 9.88 Å². The lowest BCUT2D eigenvalue weighted by Crippen LogP contribution is -2.39. The highest BCUT2D eigenvalue weighted by Gasteiger charge is 2.51. The third kappa shape index (κ3) is 4.34. The van der Waals surface area contributed by atoms with E-state index in [1.54, 1.807) is 12.3 Å². The molecule has 26 heavy (non-hydrogen) atoms. The van der Waals surface area contributed by atoms with Crippen LogP contribution in [0.2, 0.25) is 0 Å². The van der Waals surface area contributed by atoms with Gasteiger partial charge >= 0.3 is 11.9 Å². The van der Waals surface area contributed by atoms with Crippen LogP contribution in [0.5, 0.6) is 0 Å². The average Bonchev–Trinajstić information content (AvgIpc) is 3.30. The number of carbonyl (C=O) groups is 3. The first kappa shape index (κ1) is 19.8. The highest BCUT2D eigenvalue weighted by Crippen LogP contribution is 2.48. The maximum absolute atomic E-state index is 10.7. The number of carbonyl (C=O) groups excluding carboxylic acids is 1. The van der Waals surface area contributed by atoms with E-state index in [4.69, 9.17) is 26.2 Å². The van der Waals surface area contributed by atoms with Gasteiger partial charge < -0.3 is 31.1 Å². The Balaban J connectivity index is 0.000000213. The largest absolute Gasteiger partial charge is 0.479 e. The molecule has 0 amide bonds. The number of piperidine rings is 1. The normalized spacial score (nSPS) is 25.3. The van der Waals surface area contributed by atoms with Gasteiger partial charge in [-0.2, -0.15) is 0 Å². The molecule has 0 spiro atoms. The molecule has 142 valence electrons. The zero-order chi connectivity index (χ0) is 19.4. The van der Waals surface area contributed by atoms with E-state index in [0.717, 1.165) is 18.0 Å². The molecular weight excluding hydrogens is 346 g/mol. The number of nitrogens with two attached hydrogens (primary N) is 1. The number of aromatic nitrogens is 1. The molecule has 6 N–H and O–H groups in total. The molecule has 3 rings (SSSR count). The molecule has 2 fully saturated rings. The zero-order valence-electron chi connectivity index (χ0n) is 13.8. The second-order valence-corrected chi connectivity index (χ2v) is 6.23. The van der Waals surface area contributed by atoms with Crippen LogP contribution in [-0.2, 0) is 9.59 Å². The molecule has 1 saturated carbocycles. The van der Waals surface area contributed by atoms with Crippen molar-refractivity contribution in [3.8, 4) is 0 Å². The topological polar surface area (TPSA) is 174 Å². The Labute approximate surface area is 148 Å². The van der Waals surface area contributed by atoms with E-state index in [9.17, 15) is 14.4 Å². The summed E-state index contributed by atoms with van der Waals surface area (Å²) in [5.74, 6) is -1.83. The number of aliphatic hydroxyl groups excluding tert-OH is 2. The SMILES string of the molecule is NCC1CC2CC2N1c1cc(C=O)ccn1.O=C(O)C(O)C(O)C(=O)O. The Hall–Kier alpha value is -2.56. The van der Waals surface area contributed by atoms with Crippen molar-refractivity contribution in [3.63, 3.8) is 0 Å². The summed E-state index contributed by atoms with van der Waals surface area (Å²) in [6, 6.07) is 4.60. The van der Waals surface area contributed by atoms with Gasteiger partial charge in [0.05, 0.1) is 0 Å². The fraction of sp³-hybridized carbons (Fsp3) is 0.500. The molecule has 1 aromatic heterocycles. The third-order valence-corrected chi connectivity index (χ3v) is 4.46. The molecule has 1 aromatic rings.